The second-order valence-corrected chi connectivity index (χ2v) is 9.05. The van der Waals surface area contributed by atoms with Crippen LogP contribution in [0.4, 0.5) is 15.8 Å². The van der Waals surface area contributed by atoms with Crippen molar-refractivity contribution in [3.8, 4) is 10.4 Å². The van der Waals surface area contributed by atoms with Gasteiger partial charge in [-0.15, -0.1) is 11.3 Å². The number of thiophene rings is 1. The highest BCUT2D eigenvalue weighted by atomic mass is 32.1. The number of halogens is 1. The number of para-hydroxylation sites is 1. The van der Waals surface area contributed by atoms with Crippen LogP contribution in [0.15, 0.2) is 48.5 Å². The van der Waals surface area contributed by atoms with Gasteiger partial charge in [-0.2, -0.15) is 0 Å². The van der Waals surface area contributed by atoms with E-state index in [-0.39, 0.29) is 22.9 Å². The van der Waals surface area contributed by atoms with E-state index < -0.39 is 5.82 Å². The molecule has 0 radical (unpaired) electrons. The fourth-order valence-corrected chi connectivity index (χ4v) is 5.17. The van der Waals surface area contributed by atoms with E-state index in [0.717, 1.165) is 39.4 Å². The molecule has 2 aromatic carbocycles. The number of nitrogens with two attached hydrogens (primary N) is 1. The number of nitrogen functional groups attached to an aromatic ring is 1. The molecule has 1 amide bonds. The molecule has 2 heterocycles. The average Bonchev–Trinajstić information content (AvgIpc) is 3.47. The number of carbonyl (C=O) groups is 2. The quantitative estimate of drug-likeness (QED) is 0.459. The van der Waals surface area contributed by atoms with Crippen LogP contribution < -0.4 is 10.6 Å². The van der Waals surface area contributed by atoms with Gasteiger partial charge in [-0.1, -0.05) is 18.2 Å². The van der Waals surface area contributed by atoms with Gasteiger partial charge < -0.3 is 10.6 Å². The lowest BCUT2D eigenvalue weighted by Gasteiger charge is -2.23. The first kappa shape index (κ1) is 19.0. The van der Waals surface area contributed by atoms with Crippen LogP contribution >= 0.6 is 11.3 Å². The Bertz CT molecular complexity index is 1170. The number of nitrogens with zero attached hydrogens (tertiary/aromatic N) is 1. The summed E-state index contributed by atoms with van der Waals surface area (Å²) in [5.74, 6) is -0.246. The van der Waals surface area contributed by atoms with Crippen LogP contribution in [0.1, 0.15) is 44.9 Å². The third-order valence-corrected chi connectivity index (χ3v) is 7.02. The van der Waals surface area contributed by atoms with Gasteiger partial charge in [0.25, 0.3) is 5.91 Å². The average molecular weight is 421 g/mol. The number of benzene rings is 2. The molecule has 3 aromatic rings. The molecule has 0 bridgehead atoms. The van der Waals surface area contributed by atoms with E-state index in [4.69, 9.17) is 5.73 Å². The number of amides is 1. The zero-order chi connectivity index (χ0) is 20.8. The van der Waals surface area contributed by atoms with Crippen molar-refractivity contribution in [2.75, 3.05) is 17.2 Å². The summed E-state index contributed by atoms with van der Waals surface area (Å²) in [4.78, 5) is 29.3. The highest BCUT2D eigenvalue weighted by Crippen LogP contribution is 2.43. The third kappa shape index (κ3) is 3.41. The van der Waals surface area contributed by atoms with Crippen LogP contribution in [0.3, 0.4) is 0 Å². The Morgan fingerprint density at radius 2 is 1.93 bits per heavy atom. The number of carbonyl (C=O) groups excluding carboxylic acids is 2. The molecule has 1 aliphatic carbocycles. The van der Waals surface area contributed by atoms with Crippen LogP contribution in [0, 0.1) is 11.7 Å². The predicted molar refractivity (Wildman–Crippen MR) is 118 cm³/mol. The predicted octanol–water partition coefficient (Wildman–Crippen LogP) is 5.32. The number of ketones is 1. The van der Waals surface area contributed by atoms with Gasteiger partial charge in [0.1, 0.15) is 5.82 Å². The maximum atomic E-state index is 14.4. The molecule has 2 N–H and O–H groups in total. The van der Waals surface area contributed by atoms with E-state index in [9.17, 15) is 14.0 Å². The molecule has 2 aliphatic rings. The minimum atomic E-state index is -0.621. The molecule has 6 heteroatoms. The van der Waals surface area contributed by atoms with Crippen molar-refractivity contribution in [2.24, 2.45) is 5.92 Å². The fourth-order valence-electron chi connectivity index (χ4n) is 3.98. The van der Waals surface area contributed by atoms with Crippen LogP contribution in [0.2, 0.25) is 0 Å². The monoisotopic (exact) mass is 420 g/mol. The van der Waals surface area contributed by atoms with Gasteiger partial charge in [-0.3, -0.25) is 9.59 Å². The molecule has 5 rings (SSSR count). The van der Waals surface area contributed by atoms with Crippen LogP contribution in [-0.2, 0) is 6.42 Å². The number of anilines is 2. The number of fused-ring (bicyclic) bond motifs is 3. The summed E-state index contributed by atoms with van der Waals surface area (Å²) in [5.41, 5.74) is 8.63. The lowest BCUT2D eigenvalue weighted by Crippen LogP contribution is -2.33. The Kier molecular flexibility index (Phi) is 4.66. The van der Waals surface area contributed by atoms with Gasteiger partial charge in [0.05, 0.1) is 16.1 Å². The van der Waals surface area contributed by atoms with Gasteiger partial charge in [-0.05, 0) is 61.1 Å². The van der Waals surface area contributed by atoms with Crippen LogP contribution in [0.25, 0.3) is 10.4 Å². The van der Waals surface area contributed by atoms with Crippen LogP contribution in [0.5, 0.6) is 0 Å². The van der Waals surface area contributed by atoms with Gasteiger partial charge in [0.2, 0.25) is 0 Å². The third-order valence-electron chi connectivity index (χ3n) is 5.77. The Hall–Kier alpha value is -2.99. The summed E-state index contributed by atoms with van der Waals surface area (Å²) < 4.78 is 14.4. The summed E-state index contributed by atoms with van der Waals surface area (Å²) in [6.07, 6.45) is 3.54. The maximum absolute atomic E-state index is 14.4. The topological polar surface area (TPSA) is 63.4 Å². The first-order valence-corrected chi connectivity index (χ1v) is 10.9. The molecule has 0 atom stereocenters. The minimum absolute atomic E-state index is 0.00422. The Morgan fingerprint density at radius 1 is 1.13 bits per heavy atom. The number of hydrogen-bond acceptors (Lipinski definition) is 4. The number of Topliss-reactive ketones (excluding diaryl/α,β-unsaturated/α-hetero) is 1. The van der Waals surface area contributed by atoms with E-state index in [2.05, 4.69) is 0 Å². The van der Waals surface area contributed by atoms with Crippen molar-refractivity contribution >= 4 is 34.4 Å². The summed E-state index contributed by atoms with van der Waals surface area (Å²) in [6, 6.07) is 13.8. The molecule has 0 saturated heterocycles. The molecule has 152 valence electrons. The minimum Gasteiger partial charge on any atom is -0.399 e. The van der Waals surface area contributed by atoms with Crippen LogP contribution in [-0.4, -0.2) is 18.2 Å². The molecule has 1 aromatic heterocycles. The second-order valence-electron chi connectivity index (χ2n) is 8.00. The van der Waals surface area contributed by atoms with Crippen molar-refractivity contribution in [3.63, 3.8) is 0 Å². The maximum Gasteiger partial charge on any atom is 0.261 e. The molecule has 1 saturated carbocycles. The molecular weight excluding hydrogens is 399 g/mol. The first-order valence-electron chi connectivity index (χ1n) is 10.1. The van der Waals surface area contributed by atoms with E-state index >= 15 is 0 Å². The summed E-state index contributed by atoms with van der Waals surface area (Å²) >= 11 is 1.51. The second kappa shape index (κ2) is 7.36. The zero-order valence-electron chi connectivity index (χ0n) is 16.4. The smallest absolute Gasteiger partial charge is 0.261 e. The normalized spacial score (nSPS) is 15.3. The standard InChI is InChI=1S/C24H21FN2O2S/c25-19-13-16(26)7-8-17(19)24(29)27-10-9-15-12-22(21(28)11-14-5-6-14)30-23(15)18-3-1-2-4-20(18)27/h1-4,7-8,12-14H,5-6,9-11,26H2. The molecular formula is C24H21FN2O2S. The van der Waals surface area contributed by atoms with Gasteiger partial charge in [0, 0.05) is 29.1 Å². The highest BCUT2D eigenvalue weighted by molar-refractivity contribution is 7.17. The first-order chi connectivity index (χ1) is 14.5. The largest absolute Gasteiger partial charge is 0.399 e. The number of rotatable bonds is 4. The fraction of sp³-hybridized carbons (Fsp3) is 0.250. The summed E-state index contributed by atoms with van der Waals surface area (Å²) in [5, 5.41) is 0. The lowest BCUT2D eigenvalue weighted by atomic mass is 10.1. The van der Waals surface area contributed by atoms with Crippen molar-refractivity contribution in [3.05, 3.63) is 70.4 Å². The Morgan fingerprint density at radius 3 is 2.70 bits per heavy atom. The Labute approximate surface area is 178 Å². The van der Waals surface area contributed by atoms with Crippen molar-refractivity contribution < 1.29 is 14.0 Å². The van der Waals surface area contributed by atoms with Crippen molar-refractivity contribution in [1.29, 1.82) is 0 Å². The number of hydrogen-bond donors (Lipinski definition) is 1. The summed E-state index contributed by atoms with van der Waals surface area (Å²) in [6.45, 7) is 0.416. The van der Waals surface area contributed by atoms with E-state index in [1.165, 1.54) is 29.5 Å². The molecule has 0 spiro atoms. The molecule has 4 nitrogen and oxygen atoms in total. The van der Waals surface area contributed by atoms with Gasteiger partial charge in [-0.25, -0.2) is 4.39 Å². The van der Waals surface area contributed by atoms with Gasteiger partial charge in [0.15, 0.2) is 5.78 Å². The molecule has 30 heavy (non-hydrogen) atoms. The SMILES string of the molecule is Nc1ccc(C(=O)N2CCc3cc(C(=O)CC4CC4)sc3-c3ccccc32)c(F)c1. The van der Waals surface area contributed by atoms with E-state index in [0.29, 0.717) is 25.3 Å². The summed E-state index contributed by atoms with van der Waals surface area (Å²) in [7, 11) is 0. The van der Waals surface area contributed by atoms with Crippen molar-refractivity contribution in [2.45, 2.75) is 25.7 Å². The molecule has 0 unspecified atom stereocenters. The zero-order valence-corrected chi connectivity index (χ0v) is 17.2. The van der Waals surface area contributed by atoms with Gasteiger partial charge >= 0.3 is 0 Å². The molecule has 1 fully saturated rings. The lowest BCUT2D eigenvalue weighted by molar-refractivity contribution is 0.0972. The van der Waals surface area contributed by atoms with E-state index in [1.807, 2.05) is 30.3 Å². The highest BCUT2D eigenvalue weighted by Gasteiger charge is 2.30. The Balaban J connectivity index is 1.53. The van der Waals surface area contributed by atoms with E-state index in [1.54, 1.807) is 4.90 Å². The van der Waals surface area contributed by atoms with Crippen molar-refractivity contribution in [1.82, 2.24) is 0 Å². The molecule has 1 aliphatic heterocycles.